The summed E-state index contributed by atoms with van der Waals surface area (Å²) >= 11 is 0. The molecule has 0 bridgehead atoms. The highest BCUT2D eigenvalue weighted by Crippen LogP contribution is 2.31. The lowest BCUT2D eigenvalue weighted by Crippen LogP contribution is -2.07. The maximum atomic E-state index is 11.2. The topological polar surface area (TPSA) is 55.8 Å². The molecule has 106 valence electrons. The minimum absolute atomic E-state index is 0.158. The summed E-state index contributed by atoms with van der Waals surface area (Å²) in [4.78, 5) is 11.2. The second-order valence-corrected chi connectivity index (χ2v) is 4.34. The molecule has 1 aromatic rings. The van der Waals surface area contributed by atoms with Gasteiger partial charge in [-0.2, -0.15) is 0 Å². The number of carboxylic acid groups (broad SMARTS) is 1. The maximum Gasteiger partial charge on any atom is 0.339 e. The van der Waals surface area contributed by atoms with Crippen LogP contribution in [0.5, 0.6) is 11.5 Å². The number of rotatable bonds is 9. The molecule has 0 radical (unpaired) electrons. The molecule has 0 aliphatic rings. The monoisotopic (exact) mass is 266 g/mol. The van der Waals surface area contributed by atoms with Crippen molar-refractivity contribution in [2.24, 2.45) is 0 Å². The minimum atomic E-state index is -0.993. The molecule has 0 atom stereocenters. The molecule has 0 aromatic heterocycles. The van der Waals surface area contributed by atoms with Crippen LogP contribution in [0.4, 0.5) is 0 Å². The first-order valence-electron chi connectivity index (χ1n) is 6.82. The average molecular weight is 266 g/mol. The summed E-state index contributed by atoms with van der Waals surface area (Å²) < 4.78 is 11.2. The molecule has 0 spiro atoms. The van der Waals surface area contributed by atoms with E-state index in [9.17, 15) is 9.90 Å². The molecule has 0 aliphatic carbocycles. The van der Waals surface area contributed by atoms with Crippen LogP contribution < -0.4 is 9.47 Å². The molecule has 1 N–H and O–H groups in total. The second kappa shape index (κ2) is 8.40. The van der Waals surface area contributed by atoms with Gasteiger partial charge >= 0.3 is 5.97 Å². The Hall–Kier alpha value is -1.71. The average Bonchev–Trinajstić information content (AvgIpc) is 2.40. The first-order chi connectivity index (χ1) is 9.20. The number of aromatic carboxylic acids is 1. The summed E-state index contributed by atoms with van der Waals surface area (Å²) in [5, 5.41) is 9.18. The van der Waals surface area contributed by atoms with Gasteiger partial charge in [0.1, 0.15) is 5.56 Å². The van der Waals surface area contributed by atoms with Gasteiger partial charge in [-0.15, -0.1) is 0 Å². The number of hydrogen-bond donors (Lipinski definition) is 1. The van der Waals surface area contributed by atoms with Gasteiger partial charge in [0.05, 0.1) is 13.2 Å². The van der Waals surface area contributed by atoms with E-state index in [1.807, 2.05) is 0 Å². The van der Waals surface area contributed by atoms with Crippen molar-refractivity contribution in [3.05, 3.63) is 23.8 Å². The molecule has 0 aliphatic heterocycles. The molecular weight excluding hydrogens is 244 g/mol. The predicted molar refractivity (Wildman–Crippen MR) is 74.2 cm³/mol. The molecule has 0 saturated carbocycles. The minimum Gasteiger partial charge on any atom is -0.490 e. The Morgan fingerprint density at radius 1 is 1.11 bits per heavy atom. The van der Waals surface area contributed by atoms with E-state index in [1.165, 1.54) is 6.07 Å². The van der Waals surface area contributed by atoms with Crippen molar-refractivity contribution < 1.29 is 19.4 Å². The van der Waals surface area contributed by atoms with Crippen LogP contribution in [0.15, 0.2) is 18.2 Å². The Bertz CT molecular complexity index is 401. The van der Waals surface area contributed by atoms with E-state index in [4.69, 9.17) is 9.47 Å². The molecule has 19 heavy (non-hydrogen) atoms. The molecule has 1 aromatic carbocycles. The molecule has 0 fully saturated rings. The zero-order valence-corrected chi connectivity index (χ0v) is 11.6. The highest BCUT2D eigenvalue weighted by molar-refractivity contribution is 5.92. The quantitative estimate of drug-likeness (QED) is 0.692. The summed E-state index contributed by atoms with van der Waals surface area (Å²) in [7, 11) is 0. The number of carbonyl (C=O) groups is 1. The van der Waals surface area contributed by atoms with Crippen molar-refractivity contribution in [3.8, 4) is 11.5 Å². The van der Waals surface area contributed by atoms with Gasteiger partial charge in [-0.1, -0.05) is 32.8 Å². The summed E-state index contributed by atoms with van der Waals surface area (Å²) in [5.74, 6) is -0.128. The van der Waals surface area contributed by atoms with E-state index in [-0.39, 0.29) is 5.56 Å². The predicted octanol–water partition coefficient (Wildman–Crippen LogP) is 3.74. The highest BCUT2D eigenvalue weighted by atomic mass is 16.5. The third-order valence-electron chi connectivity index (χ3n) is 2.71. The third-order valence-corrected chi connectivity index (χ3v) is 2.71. The number of unbranched alkanes of at least 4 members (excludes halogenated alkanes) is 2. The van der Waals surface area contributed by atoms with Crippen LogP contribution in [0.25, 0.3) is 0 Å². The van der Waals surface area contributed by atoms with Gasteiger partial charge in [0, 0.05) is 0 Å². The number of benzene rings is 1. The van der Waals surface area contributed by atoms with Crippen molar-refractivity contribution >= 4 is 5.97 Å². The highest BCUT2D eigenvalue weighted by Gasteiger charge is 2.16. The number of para-hydroxylation sites is 1. The fourth-order valence-corrected chi connectivity index (χ4v) is 1.59. The first-order valence-corrected chi connectivity index (χ1v) is 6.82. The zero-order chi connectivity index (χ0) is 14.1. The molecular formula is C15H22O4. The fourth-order valence-electron chi connectivity index (χ4n) is 1.59. The van der Waals surface area contributed by atoms with E-state index < -0.39 is 5.97 Å². The summed E-state index contributed by atoms with van der Waals surface area (Å²) in [6.45, 7) is 5.22. The van der Waals surface area contributed by atoms with Crippen LogP contribution in [-0.4, -0.2) is 24.3 Å². The summed E-state index contributed by atoms with van der Waals surface area (Å²) in [5.41, 5.74) is 0.158. The van der Waals surface area contributed by atoms with Gasteiger partial charge in [0.25, 0.3) is 0 Å². The van der Waals surface area contributed by atoms with Crippen molar-refractivity contribution in [2.45, 2.75) is 39.5 Å². The van der Waals surface area contributed by atoms with E-state index in [2.05, 4.69) is 13.8 Å². The lowest BCUT2D eigenvalue weighted by Gasteiger charge is -2.14. The van der Waals surface area contributed by atoms with Crippen LogP contribution >= 0.6 is 0 Å². The lowest BCUT2D eigenvalue weighted by atomic mass is 10.2. The van der Waals surface area contributed by atoms with Crippen molar-refractivity contribution in [1.29, 1.82) is 0 Å². The Morgan fingerprint density at radius 3 is 2.32 bits per heavy atom. The van der Waals surface area contributed by atoms with E-state index in [0.717, 1.165) is 25.7 Å². The van der Waals surface area contributed by atoms with E-state index >= 15 is 0 Å². The van der Waals surface area contributed by atoms with Gasteiger partial charge in [-0.3, -0.25) is 0 Å². The Kier molecular flexibility index (Phi) is 6.79. The van der Waals surface area contributed by atoms with Gasteiger partial charge in [-0.25, -0.2) is 4.79 Å². The number of hydrogen-bond acceptors (Lipinski definition) is 3. The molecule has 1 rings (SSSR count). The Morgan fingerprint density at radius 2 is 1.74 bits per heavy atom. The number of ether oxygens (including phenoxy) is 2. The van der Waals surface area contributed by atoms with Gasteiger partial charge < -0.3 is 14.6 Å². The number of carboxylic acids is 1. The fraction of sp³-hybridized carbons (Fsp3) is 0.533. The zero-order valence-electron chi connectivity index (χ0n) is 11.6. The molecule has 0 heterocycles. The van der Waals surface area contributed by atoms with Crippen molar-refractivity contribution in [1.82, 2.24) is 0 Å². The molecule has 0 amide bonds. The van der Waals surface area contributed by atoms with Crippen LogP contribution in [0.1, 0.15) is 49.9 Å². The van der Waals surface area contributed by atoms with Crippen molar-refractivity contribution in [2.75, 3.05) is 13.2 Å². The lowest BCUT2D eigenvalue weighted by molar-refractivity contribution is 0.0691. The maximum absolute atomic E-state index is 11.2. The molecule has 4 nitrogen and oxygen atoms in total. The molecule has 4 heteroatoms. The van der Waals surface area contributed by atoms with Crippen molar-refractivity contribution in [3.63, 3.8) is 0 Å². The Labute approximate surface area is 114 Å². The van der Waals surface area contributed by atoms with Crippen LogP contribution in [0.2, 0.25) is 0 Å². The summed E-state index contributed by atoms with van der Waals surface area (Å²) in [6.07, 6.45) is 3.86. The molecule has 0 saturated heterocycles. The van der Waals surface area contributed by atoms with Crippen LogP contribution in [0.3, 0.4) is 0 Å². The summed E-state index contributed by atoms with van der Waals surface area (Å²) in [6, 6.07) is 4.97. The first kappa shape index (κ1) is 15.3. The normalized spacial score (nSPS) is 10.2. The van der Waals surface area contributed by atoms with Gasteiger partial charge in [0.2, 0.25) is 0 Å². The molecule has 0 unspecified atom stereocenters. The standard InChI is InChI=1S/C15H22O4/c1-3-5-10-18-13-9-7-8-12(15(16)17)14(13)19-11-6-4-2/h7-9H,3-6,10-11H2,1-2H3,(H,16,17). The third kappa shape index (κ3) is 4.81. The van der Waals surface area contributed by atoms with E-state index in [0.29, 0.717) is 24.7 Å². The largest absolute Gasteiger partial charge is 0.490 e. The van der Waals surface area contributed by atoms with Gasteiger partial charge in [-0.05, 0) is 25.0 Å². The van der Waals surface area contributed by atoms with E-state index in [1.54, 1.807) is 12.1 Å². The Balaban J connectivity index is 2.86. The van der Waals surface area contributed by atoms with Crippen LogP contribution in [-0.2, 0) is 0 Å². The van der Waals surface area contributed by atoms with Gasteiger partial charge in [0.15, 0.2) is 11.5 Å². The SMILES string of the molecule is CCCCOc1cccc(C(=O)O)c1OCCCC. The van der Waals surface area contributed by atoms with Crippen LogP contribution in [0, 0.1) is 0 Å². The smallest absolute Gasteiger partial charge is 0.339 e. The second-order valence-electron chi connectivity index (χ2n) is 4.34.